The van der Waals surface area contributed by atoms with Crippen LogP contribution in [0.15, 0.2) is 48.5 Å². The van der Waals surface area contributed by atoms with Crippen molar-refractivity contribution in [2.24, 2.45) is 0 Å². The molecule has 0 unspecified atom stereocenters. The third-order valence-corrected chi connectivity index (χ3v) is 5.94. The van der Waals surface area contributed by atoms with E-state index in [4.69, 9.17) is 19.2 Å². The fourth-order valence-corrected chi connectivity index (χ4v) is 3.69. The van der Waals surface area contributed by atoms with Crippen molar-refractivity contribution < 1.29 is 37.3 Å². The average Bonchev–Trinajstić information content (AvgIpc) is 3.69. The maximum absolute atomic E-state index is 13.0. The molecule has 1 aromatic heterocycles. The first kappa shape index (κ1) is 26.4. The van der Waals surface area contributed by atoms with E-state index in [0.717, 1.165) is 36.2 Å². The second-order valence-corrected chi connectivity index (χ2v) is 9.32. The van der Waals surface area contributed by atoms with Gasteiger partial charge in [0.25, 0.3) is 0 Å². The van der Waals surface area contributed by atoms with Crippen LogP contribution in [0.25, 0.3) is 11.4 Å². The maximum atomic E-state index is 13.0. The fraction of sp³-hybridized carbons (Fsp3) is 0.370. The Morgan fingerprint density at radius 2 is 1.59 bits per heavy atom. The van der Waals surface area contributed by atoms with Gasteiger partial charge in [0.1, 0.15) is 18.1 Å². The summed E-state index contributed by atoms with van der Waals surface area (Å²) in [6, 6.07) is 11.4. The number of carbonyl (C=O) groups is 1. The van der Waals surface area contributed by atoms with Crippen molar-refractivity contribution in [1.29, 1.82) is 0 Å². The molecule has 7 nitrogen and oxygen atoms in total. The van der Waals surface area contributed by atoms with Gasteiger partial charge in [0.15, 0.2) is 11.4 Å². The van der Waals surface area contributed by atoms with Gasteiger partial charge in [-0.25, -0.2) is 14.8 Å². The number of halogens is 3. The van der Waals surface area contributed by atoms with Crippen molar-refractivity contribution in [3.8, 4) is 22.9 Å². The molecule has 1 fully saturated rings. The Morgan fingerprint density at radius 3 is 2.14 bits per heavy atom. The molecule has 37 heavy (non-hydrogen) atoms. The number of ether oxygens (including phenoxy) is 3. The Kier molecular flexibility index (Phi) is 7.40. The summed E-state index contributed by atoms with van der Waals surface area (Å²) in [6.07, 6.45) is -2.51. The molecule has 0 radical (unpaired) electrons. The Balaban J connectivity index is 1.57. The molecule has 1 N–H and O–H groups in total. The lowest BCUT2D eigenvalue weighted by molar-refractivity contribution is -0.152. The predicted octanol–water partition coefficient (Wildman–Crippen LogP) is 6.01. The first-order valence-corrected chi connectivity index (χ1v) is 11.7. The lowest BCUT2D eigenvalue weighted by atomic mass is 10.1. The Hall–Kier alpha value is -3.66. The van der Waals surface area contributed by atoms with Gasteiger partial charge in [-0.1, -0.05) is 12.1 Å². The van der Waals surface area contributed by atoms with Crippen LogP contribution in [-0.4, -0.2) is 33.8 Å². The van der Waals surface area contributed by atoms with Crippen LogP contribution in [0.2, 0.25) is 0 Å². The number of benzene rings is 2. The van der Waals surface area contributed by atoms with E-state index >= 15 is 0 Å². The SMILES string of the molecule is COCc1nc(-c2ccc(C(F)(F)F)cc2)nc(C2CC2)c1COc1ccc(OC(C)(C)C(=O)O)cc1. The largest absolute Gasteiger partial charge is 0.489 e. The minimum absolute atomic E-state index is 0.165. The van der Waals surface area contributed by atoms with Crippen LogP contribution in [0.5, 0.6) is 11.5 Å². The molecule has 2 aromatic carbocycles. The van der Waals surface area contributed by atoms with Gasteiger partial charge in [-0.15, -0.1) is 0 Å². The van der Waals surface area contributed by atoms with Crippen LogP contribution in [0, 0.1) is 0 Å². The van der Waals surface area contributed by atoms with Crippen LogP contribution in [0.3, 0.4) is 0 Å². The van der Waals surface area contributed by atoms with Gasteiger partial charge in [0.05, 0.1) is 23.6 Å². The summed E-state index contributed by atoms with van der Waals surface area (Å²) in [5.41, 5.74) is 0.580. The van der Waals surface area contributed by atoms with Crippen molar-refractivity contribution in [2.75, 3.05) is 7.11 Å². The Labute approximate surface area is 212 Å². The van der Waals surface area contributed by atoms with E-state index in [1.165, 1.54) is 26.0 Å². The van der Waals surface area contributed by atoms with Crippen molar-refractivity contribution in [2.45, 2.75) is 57.6 Å². The average molecular weight is 517 g/mol. The number of carboxylic acids is 1. The summed E-state index contributed by atoms with van der Waals surface area (Å²) in [7, 11) is 1.54. The minimum Gasteiger partial charge on any atom is -0.489 e. The van der Waals surface area contributed by atoms with E-state index in [2.05, 4.69) is 4.98 Å². The molecule has 0 atom stereocenters. The lowest BCUT2D eigenvalue weighted by Crippen LogP contribution is -2.37. The van der Waals surface area contributed by atoms with Gasteiger partial charge < -0.3 is 19.3 Å². The lowest BCUT2D eigenvalue weighted by Gasteiger charge is -2.21. The van der Waals surface area contributed by atoms with Gasteiger partial charge in [0, 0.05) is 24.2 Å². The first-order valence-electron chi connectivity index (χ1n) is 11.7. The monoisotopic (exact) mass is 516 g/mol. The highest BCUT2D eigenvalue weighted by Gasteiger charge is 2.32. The van der Waals surface area contributed by atoms with Gasteiger partial charge in [-0.05, 0) is 63.1 Å². The summed E-state index contributed by atoms with van der Waals surface area (Å²) in [5, 5.41) is 9.23. The number of nitrogens with zero attached hydrogens (tertiary/aromatic N) is 2. The number of aromatic nitrogens is 2. The maximum Gasteiger partial charge on any atom is 0.416 e. The van der Waals surface area contributed by atoms with Crippen molar-refractivity contribution in [3.63, 3.8) is 0 Å². The van der Waals surface area contributed by atoms with Crippen LogP contribution in [0.1, 0.15) is 55.1 Å². The van der Waals surface area contributed by atoms with Crippen LogP contribution < -0.4 is 9.47 Å². The van der Waals surface area contributed by atoms with Gasteiger partial charge >= 0.3 is 12.1 Å². The number of hydrogen-bond donors (Lipinski definition) is 1. The highest BCUT2D eigenvalue weighted by atomic mass is 19.4. The number of carboxylic acid groups (broad SMARTS) is 1. The summed E-state index contributed by atoms with van der Waals surface area (Å²) >= 11 is 0. The fourth-order valence-electron chi connectivity index (χ4n) is 3.69. The van der Waals surface area contributed by atoms with Crippen molar-refractivity contribution in [3.05, 3.63) is 71.0 Å². The minimum atomic E-state index is -4.42. The molecule has 0 aliphatic heterocycles. The Bertz CT molecular complexity index is 1250. The zero-order valence-corrected chi connectivity index (χ0v) is 20.6. The first-order chi connectivity index (χ1) is 17.5. The highest BCUT2D eigenvalue weighted by Crippen LogP contribution is 2.42. The van der Waals surface area contributed by atoms with E-state index in [1.807, 2.05) is 0 Å². The molecule has 0 bridgehead atoms. The number of methoxy groups -OCH3 is 1. The summed E-state index contributed by atoms with van der Waals surface area (Å²) in [6.45, 7) is 3.28. The second-order valence-electron chi connectivity index (χ2n) is 9.32. The van der Waals surface area contributed by atoms with E-state index in [9.17, 15) is 23.1 Å². The molecular weight excluding hydrogens is 489 g/mol. The van der Waals surface area contributed by atoms with E-state index < -0.39 is 23.3 Å². The van der Waals surface area contributed by atoms with E-state index in [-0.39, 0.29) is 19.1 Å². The number of hydrogen-bond acceptors (Lipinski definition) is 6. The number of aliphatic carboxylic acids is 1. The molecule has 196 valence electrons. The van der Waals surface area contributed by atoms with Crippen molar-refractivity contribution in [1.82, 2.24) is 9.97 Å². The van der Waals surface area contributed by atoms with Gasteiger partial charge in [0.2, 0.25) is 0 Å². The number of alkyl halides is 3. The third kappa shape index (κ3) is 6.37. The predicted molar refractivity (Wildman–Crippen MR) is 128 cm³/mol. The standard InChI is InChI=1S/C27H27F3N2O5/c1-26(2,25(33)34)37-20-12-10-19(11-13-20)36-14-21-22(15-35-3)31-24(32-23(21)16-4-5-16)17-6-8-18(9-7-17)27(28,29)30/h6-13,16H,4-5,14-15H2,1-3H3,(H,33,34). The molecule has 1 aliphatic rings. The molecule has 0 saturated heterocycles. The van der Waals surface area contributed by atoms with E-state index in [1.54, 1.807) is 31.4 Å². The zero-order valence-electron chi connectivity index (χ0n) is 20.6. The van der Waals surface area contributed by atoms with Gasteiger partial charge in [-0.3, -0.25) is 0 Å². The summed E-state index contributed by atoms with van der Waals surface area (Å²) < 4.78 is 55.8. The molecular formula is C27H27F3N2O5. The second kappa shape index (κ2) is 10.4. The third-order valence-electron chi connectivity index (χ3n) is 5.94. The summed E-state index contributed by atoms with van der Waals surface area (Å²) in [4.78, 5) is 20.6. The zero-order chi connectivity index (χ0) is 26.8. The molecule has 1 aliphatic carbocycles. The molecule has 10 heteroatoms. The summed E-state index contributed by atoms with van der Waals surface area (Å²) in [5.74, 6) is 0.416. The van der Waals surface area contributed by atoms with Crippen LogP contribution >= 0.6 is 0 Å². The van der Waals surface area contributed by atoms with Crippen molar-refractivity contribution >= 4 is 5.97 Å². The van der Waals surface area contributed by atoms with E-state index in [0.29, 0.717) is 28.6 Å². The number of rotatable bonds is 10. The molecule has 3 aromatic rings. The smallest absolute Gasteiger partial charge is 0.416 e. The molecule has 1 heterocycles. The van der Waals surface area contributed by atoms with Crippen LogP contribution in [-0.2, 0) is 28.9 Å². The molecule has 0 amide bonds. The Morgan fingerprint density at radius 1 is 0.973 bits per heavy atom. The van der Waals surface area contributed by atoms with Gasteiger partial charge in [-0.2, -0.15) is 13.2 Å². The molecule has 4 rings (SSSR count). The molecule has 0 spiro atoms. The quantitative estimate of drug-likeness (QED) is 0.353. The normalized spacial score (nSPS) is 13.9. The molecule has 1 saturated carbocycles. The van der Waals surface area contributed by atoms with Crippen LogP contribution in [0.4, 0.5) is 13.2 Å². The highest BCUT2D eigenvalue weighted by molar-refractivity contribution is 5.76. The topological polar surface area (TPSA) is 90.8 Å².